The van der Waals surface area contributed by atoms with Crippen LogP contribution in [-0.2, 0) is 22.7 Å². The molecule has 0 N–H and O–H groups in total. The molecule has 0 bridgehead atoms. The minimum atomic E-state index is -2.38. The third-order valence-corrected chi connectivity index (χ3v) is 9.24. The smallest absolute Gasteiger partial charge is 0.300 e. The summed E-state index contributed by atoms with van der Waals surface area (Å²) in [7, 11) is -2.38. The lowest BCUT2D eigenvalue weighted by molar-refractivity contribution is 0.319. The summed E-state index contributed by atoms with van der Waals surface area (Å²) < 4.78 is 6.54. The van der Waals surface area contributed by atoms with Crippen LogP contribution in [0.4, 0.5) is 0 Å². The summed E-state index contributed by atoms with van der Waals surface area (Å²) in [5.74, 6) is 0. The highest BCUT2D eigenvalue weighted by molar-refractivity contribution is 6.72. The zero-order valence-corrected chi connectivity index (χ0v) is 19.8. The van der Waals surface area contributed by atoms with Crippen LogP contribution in [0.5, 0.6) is 0 Å². The zero-order chi connectivity index (χ0) is 22.6. The zero-order valence-electron chi connectivity index (χ0n) is 18.8. The number of hydrogen-bond acceptors (Lipinski definition) is 2. The Bertz CT molecular complexity index is 1040. The van der Waals surface area contributed by atoms with Crippen LogP contribution in [0.3, 0.4) is 0 Å². The average molecular weight is 448 g/mol. The molecule has 0 unspecified atom stereocenters. The third kappa shape index (κ3) is 7.16. The van der Waals surface area contributed by atoms with E-state index in [-0.39, 0.29) is 0 Å². The van der Waals surface area contributed by atoms with E-state index in [0.29, 0.717) is 0 Å². The highest BCUT2D eigenvalue weighted by Crippen LogP contribution is 2.24. The van der Waals surface area contributed by atoms with Gasteiger partial charge in [-0.1, -0.05) is 127 Å². The van der Waals surface area contributed by atoms with Gasteiger partial charge < -0.3 is 4.53 Å². The molecule has 0 aromatic heterocycles. The summed E-state index contributed by atoms with van der Waals surface area (Å²) in [5.41, 5.74) is 5.04. The maximum Gasteiger partial charge on any atom is 0.300 e. The van der Waals surface area contributed by atoms with Crippen molar-refractivity contribution in [3.63, 3.8) is 0 Å². The average Bonchev–Trinajstić information content (AvgIpc) is 2.86. The van der Waals surface area contributed by atoms with Gasteiger partial charge in [0.15, 0.2) is 0 Å². The molecule has 0 heterocycles. The summed E-state index contributed by atoms with van der Waals surface area (Å²) in [6, 6.07) is 44.9. The fraction of sp³-hybridized carbons (Fsp3) is 0.100. The van der Waals surface area contributed by atoms with E-state index in [1.807, 2.05) is 30.4 Å². The molecular formula is C30H29NOSi. The largest absolute Gasteiger partial charge is 0.454 e. The van der Waals surface area contributed by atoms with Gasteiger partial charge in [-0.2, -0.15) is 0 Å². The van der Waals surface area contributed by atoms with Gasteiger partial charge in [0.2, 0.25) is 0 Å². The normalized spacial score (nSPS) is 11.8. The number of rotatable bonds is 10. The molecule has 2 nitrogen and oxygen atoms in total. The van der Waals surface area contributed by atoms with Crippen LogP contribution in [0, 0.1) is 0 Å². The number of allylic oxidation sites excluding steroid dienone is 1. The number of hydrogen-bond donors (Lipinski definition) is 0. The second-order valence-corrected chi connectivity index (χ2v) is 11.9. The summed E-state index contributed by atoms with van der Waals surface area (Å²) >= 11 is 0. The highest BCUT2D eigenvalue weighted by atomic mass is 28.4. The van der Waals surface area contributed by atoms with Crippen molar-refractivity contribution >= 4 is 20.6 Å². The molecule has 0 aliphatic rings. The molecule has 0 saturated heterocycles. The van der Waals surface area contributed by atoms with Gasteiger partial charge in [0.05, 0.1) is 6.21 Å². The monoisotopic (exact) mass is 447 g/mol. The Hall–Kier alpha value is -3.69. The third-order valence-electron chi connectivity index (χ3n) is 5.59. The fourth-order valence-electron chi connectivity index (χ4n) is 4.08. The molecule has 3 heteroatoms. The van der Waals surface area contributed by atoms with Crippen molar-refractivity contribution in [2.75, 3.05) is 0 Å². The van der Waals surface area contributed by atoms with Crippen LogP contribution in [0.2, 0.25) is 0 Å². The second-order valence-electron chi connectivity index (χ2n) is 8.29. The summed E-state index contributed by atoms with van der Waals surface area (Å²) in [6.07, 6.45) is 5.76. The Morgan fingerprint density at radius 1 is 0.545 bits per heavy atom. The van der Waals surface area contributed by atoms with E-state index in [9.17, 15) is 0 Å². The first-order valence-corrected chi connectivity index (χ1v) is 13.9. The Balaban J connectivity index is 1.62. The maximum absolute atomic E-state index is 6.54. The summed E-state index contributed by atoms with van der Waals surface area (Å²) in [4.78, 5) is 0. The molecule has 164 valence electrons. The lowest BCUT2D eigenvalue weighted by atomic mass is 10.2. The molecule has 0 spiro atoms. The minimum absolute atomic E-state index is 0.900. The molecular weight excluding hydrogens is 418 g/mol. The number of benzene rings is 4. The van der Waals surface area contributed by atoms with Gasteiger partial charge in [0.1, 0.15) is 0 Å². The van der Waals surface area contributed by atoms with E-state index < -0.39 is 8.32 Å². The highest BCUT2D eigenvalue weighted by Gasteiger charge is 2.39. The van der Waals surface area contributed by atoms with E-state index in [4.69, 9.17) is 4.53 Å². The van der Waals surface area contributed by atoms with Crippen LogP contribution < -0.4 is 0 Å². The first-order chi connectivity index (χ1) is 16.3. The molecule has 0 radical (unpaired) electrons. The molecule has 4 rings (SSSR count). The van der Waals surface area contributed by atoms with Crippen molar-refractivity contribution in [1.82, 2.24) is 0 Å². The Morgan fingerprint density at radius 3 is 1.36 bits per heavy atom. The molecule has 4 aromatic carbocycles. The molecule has 0 aliphatic heterocycles. The maximum atomic E-state index is 6.54. The SMILES string of the molecule is C(=C\c1ccccc1)/C=N/O[Si](Cc1ccccc1)(Cc1ccccc1)Cc1ccccc1. The second kappa shape index (κ2) is 11.8. The van der Waals surface area contributed by atoms with Crippen molar-refractivity contribution in [3.05, 3.63) is 150 Å². The molecule has 0 atom stereocenters. The predicted molar refractivity (Wildman–Crippen MR) is 141 cm³/mol. The van der Waals surface area contributed by atoms with Crippen LogP contribution >= 0.6 is 0 Å². The fourth-order valence-corrected chi connectivity index (χ4v) is 7.88. The van der Waals surface area contributed by atoms with Gasteiger partial charge in [0.25, 0.3) is 8.32 Å². The van der Waals surface area contributed by atoms with Crippen molar-refractivity contribution in [1.29, 1.82) is 0 Å². The molecule has 0 fully saturated rings. The first kappa shape index (κ1) is 22.5. The van der Waals surface area contributed by atoms with E-state index >= 15 is 0 Å². The van der Waals surface area contributed by atoms with Gasteiger partial charge in [-0.05, 0) is 28.3 Å². The molecule has 0 aliphatic carbocycles. The molecule has 0 saturated carbocycles. The van der Waals surface area contributed by atoms with E-state index in [1.165, 1.54) is 16.7 Å². The predicted octanol–water partition coefficient (Wildman–Crippen LogP) is 6.99. The molecule has 33 heavy (non-hydrogen) atoms. The lowest BCUT2D eigenvalue weighted by Crippen LogP contribution is -2.46. The van der Waals surface area contributed by atoms with E-state index in [1.54, 1.807) is 6.21 Å². The summed E-state index contributed by atoms with van der Waals surface area (Å²) in [6.45, 7) is 0. The minimum Gasteiger partial charge on any atom is -0.454 e. The van der Waals surface area contributed by atoms with Crippen LogP contribution in [0.15, 0.2) is 133 Å². The van der Waals surface area contributed by atoms with E-state index in [2.05, 4.69) is 108 Å². The Morgan fingerprint density at radius 2 is 0.939 bits per heavy atom. The Labute approximate surface area is 198 Å². The van der Waals surface area contributed by atoms with Crippen molar-refractivity contribution in [2.24, 2.45) is 5.16 Å². The number of oxime groups is 1. The van der Waals surface area contributed by atoms with Crippen LogP contribution in [0.1, 0.15) is 22.3 Å². The van der Waals surface area contributed by atoms with Crippen molar-refractivity contribution < 1.29 is 4.53 Å². The molecule has 4 aromatic rings. The lowest BCUT2D eigenvalue weighted by Gasteiger charge is -2.29. The van der Waals surface area contributed by atoms with Crippen LogP contribution in [0.25, 0.3) is 6.08 Å². The Kier molecular flexibility index (Phi) is 8.04. The number of nitrogens with zero attached hydrogens (tertiary/aromatic N) is 1. The van der Waals surface area contributed by atoms with Gasteiger partial charge >= 0.3 is 0 Å². The standard InChI is InChI=1S/C30H29NOSi/c1-5-14-27(15-6-1)22-13-23-31-32-33(24-28-16-7-2-8-17-28,25-29-18-9-3-10-19-29)26-30-20-11-4-12-21-30/h1-23H,24-26H2/b22-13+,31-23+. The van der Waals surface area contributed by atoms with E-state index in [0.717, 1.165) is 23.7 Å². The van der Waals surface area contributed by atoms with Gasteiger partial charge in [0, 0.05) is 18.1 Å². The molecule has 0 amide bonds. The van der Waals surface area contributed by atoms with Crippen LogP contribution in [-0.4, -0.2) is 14.5 Å². The van der Waals surface area contributed by atoms with Crippen molar-refractivity contribution in [3.8, 4) is 0 Å². The summed E-state index contributed by atoms with van der Waals surface area (Å²) in [5, 5.41) is 4.50. The van der Waals surface area contributed by atoms with Gasteiger partial charge in [-0.3, -0.25) is 0 Å². The quantitative estimate of drug-likeness (QED) is 0.146. The van der Waals surface area contributed by atoms with Gasteiger partial charge in [-0.15, -0.1) is 5.16 Å². The van der Waals surface area contributed by atoms with Crippen molar-refractivity contribution in [2.45, 2.75) is 18.1 Å². The first-order valence-electron chi connectivity index (χ1n) is 11.4. The topological polar surface area (TPSA) is 21.6 Å². The van der Waals surface area contributed by atoms with Gasteiger partial charge in [-0.25, -0.2) is 0 Å².